The van der Waals surface area contributed by atoms with Crippen LogP contribution >= 0.6 is 0 Å². The monoisotopic (exact) mass is 287 g/mol. The van der Waals surface area contributed by atoms with Crippen molar-refractivity contribution < 1.29 is 18.7 Å². The highest BCUT2D eigenvalue weighted by atomic mass is 16.6. The number of hydrogen-bond donors (Lipinski definition) is 1. The fourth-order valence-electron chi connectivity index (χ4n) is 2.27. The molecule has 1 aromatic heterocycles. The Morgan fingerprint density at radius 2 is 2.05 bits per heavy atom. The number of nitrogens with one attached hydrogen (secondary N) is 1. The molecule has 1 aromatic carbocycles. The van der Waals surface area contributed by atoms with E-state index >= 15 is 0 Å². The lowest BCUT2D eigenvalue weighted by Crippen LogP contribution is -2.34. The van der Waals surface area contributed by atoms with Gasteiger partial charge in [0.05, 0.1) is 6.26 Å². The Morgan fingerprint density at radius 3 is 2.81 bits per heavy atom. The summed E-state index contributed by atoms with van der Waals surface area (Å²) in [5.41, 5.74) is 0.561. The van der Waals surface area contributed by atoms with E-state index in [0.717, 1.165) is 5.76 Å². The molecule has 0 fully saturated rings. The zero-order chi connectivity index (χ0) is 14.7. The molecule has 1 N–H and O–H groups in total. The SMILES string of the molecule is C[C@H](Cc1ccco1)NC(=O)c1ccc2c(c1)OCCO2. The number of ether oxygens (including phenoxy) is 2. The number of carbonyl (C=O) groups is 1. The second-order valence-electron chi connectivity index (χ2n) is 5.02. The Hall–Kier alpha value is -2.43. The van der Waals surface area contributed by atoms with E-state index < -0.39 is 0 Å². The van der Waals surface area contributed by atoms with Crippen LogP contribution in [-0.2, 0) is 6.42 Å². The molecule has 5 heteroatoms. The molecule has 0 spiro atoms. The van der Waals surface area contributed by atoms with Crippen molar-refractivity contribution in [2.45, 2.75) is 19.4 Å². The molecule has 0 bridgehead atoms. The Labute approximate surface area is 122 Å². The van der Waals surface area contributed by atoms with Gasteiger partial charge in [0.15, 0.2) is 11.5 Å². The molecule has 0 saturated carbocycles. The van der Waals surface area contributed by atoms with E-state index in [1.165, 1.54) is 0 Å². The normalized spacial score (nSPS) is 14.5. The van der Waals surface area contributed by atoms with Crippen molar-refractivity contribution in [3.05, 3.63) is 47.9 Å². The molecule has 0 radical (unpaired) electrons. The molecule has 0 aliphatic carbocycles. The van der Waals surface area contributed by atoms with Crippen LogP contribution in [0.25, 0.3) is 0 Å². The molecular formula is C16H17NO4. The van der Waals surface area contributed by atoms with Gasteiger partial charge >= 0.3 is 0 Å². The van der Waals surface area contributed by atoms with Gasteiger partial charge in [0, 0.05) is 18.0 Å². The first-order chi connectivity index (χ1) is 10.2. The first-order valence-corrected chi connectivity index (χ1v) is 6.95. The van der Waals surface area contributed by atoms with Gasteiger partial charge in [-0.3, -0.25) is 4.79 Å². The summed E-state index contributed by atoms with van der Waals surface area (Å²) in [4.78, 5) is 12.2. The third-order valence-electron chi connectivity index (χ3n) is 3.27. The predicted octanol–water partition coefficient (Wildman–Crippen LogP) is 2.41. The smallest absolute Gasteiger partial charge is 0.251 e. The van der Waals surface area contributed by atoms with Gasteiger partial charge in [0.2, 0.25) is 0 Å². The molecule has 1 atom stereocenters. The highest BCUT2D eigenvalue weighted by Crippen LogP contribution is 2.30. The van der Waals surface area contributed by atoms with Gasteiger partial charge in [-0.2, -0.15) is 0 Å². The number of fused-ring (bicyclic) bond motifs is 1. The van der Waals surface area contributed by atoms with Crippen LogP contribution in [0.5, 0.6) is 11.5 Å². The number of furan rings is 1. The van der Waals surface area contributed by atoms with Crippen LogP contribution in [0.4, 0.5) is 0 Å². The van der Waals surface area contributed by atoms with Crippen molar-refractivity contribution in [1.82, 2.24) is 5.32 Å². The minimum Gasteiger partial charge on any atom is -0.486 e. The van der Waals surface area contributed by atoms with Gasteiger partial charge < -0.3 is 19.2 Å². The van der Waals surface area contributed by atoms with Crippen LogP contribution in [-0.4, -0.2) is 25.2 Å². The van der Waals surface area contributed by atoms with Gasteiger partial charge in [0.1, 0.15) is 19.0 Å². The van der Waals surface area contributed by atoms with Gasteiger partial charge in [-0.1, -0.05) is 0 Å². The van der Waals surface area contributed by atoms with Crippen LogP contribution in [0.3, 0.4) is 0 Å². The maximum Gasteiger partial charge on any atom is 0.251 e. The summed E-state index contributed by atoms with van der Waals surface area (Å²) in [5.74, 6) is 2.02. The van der Waals surface area contributed by atoms with Crippen molar-refractivity contribution in [3.8, 4) is 11.5 Å². The van der Waals surface area contributed by atoms with E-state index in [9.17, 15) is 4.79 Å². The molecule has 3 rings (SSSR count). The Kier molecular flexibility index (Phi) is 3.81. The molecule has 0 unspecified atom stereocenters. The van der Waals surface area contributed by atoms with E-state index in [1.807, 2.05) is 19.1 Å². The fourth-order valence-corrected chi connectivity index (χ4v) is 2.27. The van der Waals surface area contributed by atoms with Crippen molar-refractivity contribution >= 4 is 5.91 Å². The van der Waals surface area contributed by atoms with Crippen LogP contribution < -0.4 is 14.8 Å². The second kappa shape index (κ2) is 5.91. The highest BCUT2D eigenvalue weighted by molar-refractivity contribution is 5.95. The summed E-state index contributed by atoms with van der Waals surface area (Å²) in [6.07, 6.45) is 2.29. The summed E-state index contributed by atoms with van der Waals surface area (Å²) in [7, 11) is 0. The zero-order valence-corrected chi connectivity index (χ0v) is 11.8. The number of hydrogen-bond acceptors (Lipinski definition) is 4. The lowest BCUT2D eigenvalue weighted by Gasteiger charge is -2.19. The second-order valence-corrected chi connectivity index (χ2v) is 5.02. The summed E-state index contributed by atoms with van der Waals surface area (Å²) >= 11 is 0. The summed E-state index contributed by atoms with van der Waals surface area (Å²) in [5, 5.41) is 2.95. The number of rotatable bonds is 4. The van der Waals surface area contributed by atoms with Crippen LogP contribution in [0, 0.1) is 0 Å². The number of amides is 1. The van der Waals surface area contributed by atoms with Crippen molar-refractivity contribution in [1.29, 1.82) is 0 Å². The highest BCUT2D eigenvalue weighted by Gasteiger charge is 2.16. The van der Waals surface area contributed by atoms with E-state index in [1.54, 1.807) is 24.5 Å². The molecular weight excluding hydrogens is 270 g/mol. The summed E-state index contributed by atoms with van der Waals surface area (Å²) in [6.45, 7) is 2.99. The van der Waals surface area contributed by atoms with Crippen molar-refractivity contribution in [3.63, 3.8) is 0 Å². The largest absolute Gasteiger partial charge is 0.486 e. The zero-order valence-electron chi connectivity index (χ0n) is 11.8. The molecule has 5 nitrogen and oxygen atoms in total. The maximum absolute atomic E-state index is 12.2. The molecule has 2 aromatic rings. The Morgan fingerprint density at radius 1 is 1.24 bits per heavy atom. The minimum absolute atomic E-state index is 0.0168. The van der Waals surface area contributed by atoms with Gasteiger partial charge in [-0.15, -0.1) is 0 Å². The van der Waals surface area contributed by atoms with E-state index in [4.69, 9.17) is 13.9 Å². The number of carbonyl (C=O) groups excluding carboxylic acids is 1. The molecule has 21 heavy (non-hydrogen) atoms. The van der Waals surface area contributed by atoms with Gasteiger partial charge in [-0.25, -0.2) is 0 Å². The van der Waals surface area contributed by atoms with E-state index in [2.05, 4.69) is 5.32 Å². The number of benzene rings is 1. The lowest BCUT2D eigenvalue weighted by atomic mass is 10.1. The quantitative estimate of drug-likeness (QED) is 0.938. The van der Waals surface area contributed by atoms with Crippen LogP contribution in [0.1, 0.15) is 23.0 Å². The third-order valence-corrected chi connectivity index (χ3v) is 3.27. The van der Waals surface area contributed by atoms with Gasteiger partial charge in [0.25, 0.3) is 5.91 Å². The first kappa shape index (κ1) is 13.5. The van der Waals surface area contributed by atoms with Crippen molar-refractivity contribution in [2.75, 3.05) is 13.2 Å². The minimum atomic E-state index is -0.133. The fraction of sp³-hybridized carbons (Fsp3) is 0.312. The van der Waals surface area contributed by atoms with E-state index in [-0.39, 0.29) is 11.9 Å². The summed E-state index contributed by atoms with van der Waals surface area (Å²) in [6, 6.07) is 8.93. The molecule has 1 amide bonds. The lowest BCUT2D eigenvalue weighted by molar-refractivity contribution is 0.0938. The predicted molar refractivity (Wildman–Crippen MR) is 76.8 cm³/mol. The van der Waals surface area contributed by atoms with Gasteiger partial charge in [-0.05, 0) is 37.3 Å². The molecule has 1 aliphatic heterocycles. The first-order valence-electron chi connectivity index (χ1n) is 6.95. The molecule has 0 saturated heterocycles. The van der Waals surface area contributed by atoms with Crippen LogP contribution in [0.15, 0.2) is 41.0 Å². The standard InChI is InChI=1S/C16H17NO4/c1-11(9-13-3-2-6-19-13)17-16(18)12-4-5-14-15(10-12)21-8-7-20-14/h2-6,10-11H,7-9H2,1H3,(H,17,18)/t11-/m1/s1. The average molecular weight is 287 g/mol. The summed E-state index contributed by atoms with van der Waals surface area (Å²) < 4.78 is 16.2. The third kappa shape index (κ3) is 3.18. The Balaban J connectivity index is 1.64. The molecule has 1 aliphatic rings. The molecule has 2 heterocycles. The topological polar surface area (TPSA) is 60.7 Å². The maximum atomic E-state index is 12.2. The average Bonchev–Trinajstić information content (AvgIpc) is 2.99. The van der Waals surface area contributed by atoms with Crippen LogP contribution in [0.2, 0.25) is 0 Å². The Bertz CT molecular complexity index is 621. The molecule has 110 valence electrons. The van der Waals surface area contributed by atoms with E-state index in [0.29, 0.717) is 36.7 Å². The van der Waals surface area contributed by atoms with Crippen molar-refractivity contribution in [2.24, 2.45) is 0 Å².